The van der Waals surface area contributed by atoms with Crippen LogP contribution in [0.25, 0.3) is 16.8 Å². The van der Waals surface area contributed by atoms with Gasteiger partial charge in [0.15, 0.2) is 5.65 Å². The highest BCUT2D eigenvalue weighted by atomic mass is 15.4. The van der Waals surface area contributed by atoms with Crippen molar-refractivity contribution in [2.24, 2.45) is 0 Å². The number of rotatable bonds is 4. The highest BCUT2D eigenvalue weighted by molar-refractivity contribution is 5.76. The maximum absolute atomic E-state index is 4.65. The molecule has 0 atom stereocenters. The van der Waals surface area contributed by atoms with Crippen LogP contribution in [0.2, 0.25) is 0 Å². The Kier molecular flexibility index (Phi) is 3.34. The number of likely N-dealkylation sites (tertiary alicyclic amines) is 1. The van der Waals surface area contributed by atoms with Gasteiger partial charge in [-0.15, -0.1) is 0 Å². The lowest BCUT2D eigenvalue weighted by Gasteiger charge is -2.39. The highest BCUT2D eigenvalue weighted by Crippen LogP contribution is 2.25. The molecule has 0 radical (unpaired) electrons. The molecule has 1 saturated heterocycles. The van der Waals surface area contributed by atoms with Crippen LogP contribution in [-0.2, 0) is 6.54 Å². The van der Waals surface area contributed by atoms with Crippen LogP contribution in [0.15, 0.2) is 67.4 Å². The fourth-order valence-electron chi connectivity index (χ4n) is 3.41. The van der Waals surface area contributed by atoms with Crippen LogP contribution in [-0.4, -0.2) is 42.4 Å². The van der Waals surface area contributed by atoms with Crippen molar-refractivity contribution in [1.82, 2.24) is 29.3 Å². The standard InChI is InChI=1S/C19H18N6/c1-2-5-16(6-3-1)18-10-22-25-12-15(9-20-19(18)25)11-23-13-17(14-23)24-8-4-7-21-24/h1-10,12,17H,11,13-14H2. The monoisotopic (exact) mass is 330 g/mol. The van der Waals surface area contributed by atoms with E-state index in [0.717, 1.165) is 36.4 Å². The number of benzene rings is 1. The molecule has 124 valence electrons. The molecule has 4 heterocycles. The Bertz CT molecular complexity index is 983. The number of aromatic nitrogens is 5. The fourth-order valence-corrected chi connectivity index (χ4v) is 3.41. The molecular weight excluding hydrogens is 312 g/mol. The fraction of sp³-hybridized carbons (Fsp3) is 0.211. The minimum absolute atomic E-state index is 0.487. The molecule has 1 aromatic carbocycles. The molecule has 5 rings (SSSR count). The lowest BCUT2D eigenvalue weighted by Crippen LogP contribution is -2.47. The summed E-state index contributed by atoms with van der Waals surface area (Å²) in [6.45, 7) is 2.93. The molecule has 0 unspecified atom stereocenters. The number of fused-ring (bicyclic) bond motifs is 1. The van der Waals surface area contributed by atoms with Crippen LogP contribution < -0.4 is 0 Å². The molecule has 1 aliphatic rings. The number of hydrogen-bond acceptors (Lipinski definition) is 4. The zero-order valence-electron chi connectivity index (χ0n) is 13.7. The van der Waals surface area contributed by atoms with Gasteiger partial charge in [0.2, 0.25) is 0 Å². The molecule has 4 aromatic rings. The lowest BCUT2D eigenvalue weighted by atomic mass is 10.1. The van der Waals surface area contributed by atoms with Gasteiger partial charge in [0, 0.05) is 55.5 Å². The predicted octanol–water partition coefficient (Wildman–Crippen LogP) is 2.65. The topological polar surface area (TPSA) is 51.2 Å². The van der Waals surface area contributed by atoms with Gasteiger partial charge in [-0.25, -0.2) is 9.50 Å². The zero-order valence-corrected chi connectivity index (χ0v) is 13.7. The molecule has 0 aliphatic carbocycles. The second-order valence-corrected chi connectivity index (χ2v) is 6.49. The van der Waals surface area contributed by atoms with Gasteiger partial charge < -0.3 is 0 Å². The van der Waals surface area contributed by atoms with E-state index >= 15 is 0 Å². The molecule has 3 aromatic heterocycles. The summed E-state index contributed by atoms with van der Waals surface area (Å²) in [5, 5.41) is 8.80. The summed E-state index contributed by atoms with van der Waals surface area (Å²) in [5.74, 6) is 0. The van der Waals surface area contributed by atoms with E-state index in [1.165, 1.54) is 5.56 Å². The SMILES string of the molecule is c1ccc(-c2cnn3cc(CN4CC(n5cccn5)C4)cnc23)cc1. The normalized spacial score (nSPS) is 15.5. The molecule has 1 fully saturated rings. The second-order valence-electron chi connectivity index (χ2n) is 6.49. The van der Waals surface area contributed by atoms with Crippen LogP contribution in [0.5, 0.6) is 0 Å². The first-order valence-electron chi connectivity index (χ1n) is 8.46. The Labute approximate surface area is 145 Å². The summed E-state index contributed by atoms with van der Waals surface area (Å²) in [5.41, 5.74) is 4.28. The van der Waals surface area contributed by atoms with Crippen molar-refractivity contribution < 1.29 is 0 Å². The predicted molar refractivity (Wildman–Crippen MR) is 95.0 cm³/mol. The third-order valence-corrected chi connectivity index (χ3v) is 4.74. The van der Waals surface area contributed by atoms with Crippen LogP contribution in [0.3, 0.4) is 0 Å². The van der Waals surface area contributed by atoms with Crippen LogP contribution in [0.4, 0.5) is 0 Å². The van der Waals surface area contributed by atoms with Gasteiger partial charge in [0.25, 0.3) is 0 Å². The Hall–Kier alpha value is -2.99. The Morgan fingerprint density at radius 1 is 1.00 bits per heavy atom. The van der Waals surface area contributed by atoms with Gasteiger partial charge in [0.05, 0.1) is 12.2 Å². The summed E-state index contributed by atoms with van der Waals surface area (Å²) < 4.78 is 3.92. The molecule has 1 aliphatic heterocycles. The van der Waals surface area contributed by atoms with E-state index in [-0.39, 0.29) is 0 Å². The van der Waals surface area contributed by atoms with E-state index in [0.29, 0.717) is 6.04 Å². The molecule has 0 bridgehead atoms. The lowest BCUT2D eigenvalue weighted by molar-refractivity contribution is 0.0906. The van der Waals surface area contributed by atoms with Crippen LogP contribution in [0, 0.1) is 0 Å². The largest absolute Gasteiger partial charge is 0.295 e. The summed E-state index contributed by atoms with van der Waals surface area (Å²) in [6, 6.07) is 12.7. The summed E-state index contributed by atoms with van der Waals surface area (Å²) in [7, 11) is 0. The second kappa shape index (κ2) is 5.82. The number of nitrogens with zero attached hydrogens (tertiary/aromatic N) is 6. The molecule has 0 N–H and O–H groups in total. The van der Waals surface area contributed by atoms with E-state index < -0.39 is 0 Å². The Balaban J connectivity index is 1.33. The van der Waals surface area contributed by atoms with Crippen molar-refractivity contribution in [3.8, 4) is 11.1 Å². The van der Waals surface area contributed by atoms with Gasteiger partial charge >= 0.3 is 0 Å². The first-order chi connectivity index (χ1) is 12.4. The van der Waals surface area contributed by atoms with Crippen molar-refractivity contribution in [3.63, 3.8) is 0 Å². The van der Waals surface area contributed by atoms with Crippen LogP contribution in [0.1, 0.15) is 11.6 Å². The zero-order chi connectivity index (χ0) is 16.6. The summed E-state index contributed by atoms with van der Waals surface area (Å²) in [4.78, 5) is 7.05. The molecular formula is C19H18N6. The highest BCUT2D eigenvalue weighted by Gasteiger charge is 2.28. The molecule has 25 heavy (non-hydrogen) atoms. The summed E-state index contributed by atoms with van der Waals surface area (Å²) in [6.07, 6.45) is 9.80. The minimum Gasteiger partial charge on any atom is -0.295 e. The maximum atomic E-state index is 4.65. The third kappa shape index (κ3) is 2.60. The first-order valence-corrected chi connectivity index (χ1v) is 8.46. The van der Waals surface area contributed by atoms with E-state index in [9.17, 15) is 0 Å². The van der Waals surface area contributed by atoms with Gasteiger partial charge in [-0.1, -0.05) is 30.3 Å². The third-order valence-electron chi connectivity index (χ3n) is 4.74. The van der Waals surface area contributed by atoms with E-state index in [4.69, 9.17) is 0 Å². The molecule has 0 spiro atoms. The van der Waals surface area contributed by atoms with Gasteiger partial charge in [-0.3, -0.25) is 9.58 Å². The average Bonchev–Trinajstić information content (AvgIpc) is 3.28. The van der Waals surface area contributed by atoms with Crippen molar-refractivity contribution in [3.05, 3.63) is 72.9 Å². The molecule has 0 amide bonds. The molecule has 6 heteroatoms. The smallest absolute Gasteiger partial charge is 0.162 e. The van der Waals surface area contributed by atoms with Gasteiger partial charge in [-0.05, 0) is 11.6 Å². The van der Waals surface area contributed by atoms with Gasteiger partial charge in [0.1, 0.15) is 0 Å². The van der Waals surface area contributed by atoms with E-state index in [1.54, 1.807) is 0 Å². The van der Waals surface area contributed by atoms with Crippen LogP contribution >= 0.6 is 0 Å². The summed E-state index contributed by atoms with van der Waals surface area (Å²) >= 11 is 0. The maximum Gasteiger partial charge on any atom is 0.162 e. The number of hydrogen-bond donors (Lipinski definition) is 0. The molecule has 0 saturated carbocycles. The van der Waals surface area contributed by atoms with Crippen molar-refractivity contribution in [1.29, 1.82) is 0 Å². The average molecular weight is 330 g/mol. The molecule has 6 nitrogen and oxygen atoms in total. The van der Waals surface area contributed by atoms with E-state index in [1.807, 2.05) is 58.3 Å². The Morgan fingerprint density at radius 2 is 1.88 bits per heavy atom. The van der Waals surface area contributed by atoms with Crippen molar-refractivity contribution in [2.45, 2.75) is 12.6 Å². The van der Waals surface area contributed by atoms with Gasteiger partial charge in [-0.2, -0.15) is 10.2 Å². The van der Waals surface area contributed by atoms with Crippen molar-refractivity contribution >= 4 is 5.65 Å². The van der Waals surface area contributed by atoms with Crippen molar-refractivity contribution in [2.75, 3.05) is 13.1 Å². The quantitative estimate of drug-likeness (QED) is 0.577. The first kappa shape index (κ1) is 14.4. The van der Waals surface area contributed by atoms with E-state index in [2.05, 4.69) is 38.4 Å². The minimum atomic E-state index is 0.487. The Morgan fingerprint density at radius 3 is 2.68 bits per heavy atom.